The summed E-state index contributed by atoms with van der Waals surface area (Å²) in [6.07, 6.45) is 14.8. The number of hydrogen-bond donors (Lipinski definition) is 1. The highest BCUT2D eigenvalue weighted by atomic mass is 32.2. The van der Waals surface area contributed by atoms with Crippen LogP contribution >= 0.6 is 0 Å². The molecule has 0 fully saturated rings. The molecule has 0 saturated carbocycles. The number of nitrogens with one attached hydrogen (secondary N) is 1. The van der Waals surface area contributed by atoms with Gasteiger partial charge in [-0.15, -0.1) is 0 Å². The lowest BCUT2D eigenvalue weighted by atomic mass is 10.0. The molecule has 0 heterocycles. The molecule has 8 heteroatoms. The Labute approximate surface area is 208 Å². The summed E-state index contributed by atoms with van der Waals surface area (Å²) in [7, 11) is -2.08. The molecule has 1 N–H and O–H groups in total. The minimum Gasteiger partial charge on any atom is -0.502 e. The van der Waals surface area contributed by atoms with Crippen molar-refractivity contribution in [2.45, 2.75) is 129 Å². The van der Waals surface area contributed by atoms with Crippen LogP contribution in [0.4, 0.5) is 0 Å². The zero-order valence-electron chi connectivity index (χ0n) is 22.1. The average Bonchev–Trinajstić information content (AvgIpc) is 2.71. The Balaban J connectivity index is 3.49. The fourth-order valence-corrected chi connectivity index (χ4v) is 4.63. The summed E-state index contributed by atoms with van der Waals surface area (Å²) < 4.78 is 36.2. The smallest absolute Gasteiger partial charge is 0.306 e. The summed E-state index contributed by atoms with van der Waals surface area (Å²) in [5, 5.41) is 0. The van der Waals surface area contributed by atoms with Crippen LogP contribution in [0.3, 0.4) is 0 Å². The van der Waals surface area contributed by atoms with Gasteiger partial charge in [0.15, 0.2) is 0 Å². The van der Waals surface area contributed by atoms with Crippen molar-refractivity contribution in [1.82, 2.24) is 4.72 Å². The van der Waals surface area contributed by atoms with Crippen LogP contribution < -0.4 is 4.72 Å². The summed E-state index contributed by atoms with van der Waals surface area (Å²) in [6.45, 7) is 9.33. The zero-order chi connectivity index (χ0) is 25.9. The van der Waals surface area contributed by atoms with E-state index in [1.54, 1.807) is 0 Å². The largest absolute Gasteiger partial charge is 0.502 e. The van der Waals surface area contributed by atoms with Crippen LogP contribution in [0.2, 0.25) is 0 Å². The van der Waals surface area contributed by atoms with Crippen molar-refractivity contribution < 1.29 is 27.5 Å². The van der Waals surface area contributed by atoms with Gasteiger partial charge in [-0.1, -0.05) is 70.8 Å². The molecule has 0 radical (unpaired) electrons. The highest BCUT2D eigenvalue weighted by molar-refractivity contribution is 7.90. The van der Waals surface area contributed by atoms with E-state index >= 15 is 0 Å². The number of rotatable bonds is 21. The van der Waals surface area contributed by atoms with Gasteiger partial charge in [-0.25, -0.2) is 8.42 Å². The number of esters is 1. The number of sulfonamides is 1. The van der Waals surface area contributed by atoms with Gasteiger partial charge in [0.2, 0.25) is 15.9 Å². The SMILES string of the molecule is C=C(CCCS(=O)(=O)NC(=O)CCCCCCCCCCCCCCC(=O)OC(C)(C)C)OC. The summed E-state index contributed by atoms with van der Waals surface area (Å²) in [5.74, 6) is -0.0863. The summed E-state index contributed by atoms with van der Waals surface area (Å²) in [4.78, 5) is 23.5. The standard InChI is InChI=1S/C26H49NO6S/c1-23(32-5)19-18-22-34(30,31)27-24(28)20-16-14-12-10-8-6-7-9-11-13-15-17-21-25(29)33-26(2,3)4/h1,6-22H2,2-5H3,(H,27,28). The fraction of sp³-hybridized carbons (Fsp3) is 0.846. The second-order valence-corrected chi connectivity index (χ2v) is 11.9. The molecule has 0 aromatic heterocycles. The number of allylic oxidation sites excluding steroid dienone is 1. The van der Waals surface area contributed by atoms with Crippen molar-refractivity contribution in [2.24, 2.45) is 0 Å². The number of unbranched alkanes of at least 4 members (excludes halogenated alkanes) is 11. The molecule has 7 nitrogen and oxygen atoms in total. The topological polar surface area (TPSA) is 98.8 Å². The van der Waals surface area contributed by atoms with E-state index in [9.17, 15) is 18.0 Å². The molecule has 0 aromatic rings. The van der Waals surface area contributed by atoms with Crippen LogP contribution in [0.5, 0.6) is 0 Å². The van der Waals surface area contributed by atoms with Crippen LogP contribution in [0.1, 0.15) is 124 Å². The Morgan fingerprint density at radius 2 is 1.18 bits per heavy atom. The lowest BCUT2D eigenvalue weighted by Crippen LogP contribution is -2.32. The lowest BCUT2D eigenvalue weighted by Gasteiger charge is -2.19. The first-order valence-corrected chi connectivity index (χ1v) is 14.6. The quantitative estimate of drug-likeness (QED) is 0.114. The van der Waals surface area contributed by atoms with Gasteiger partial charge in [-0.3, -0.25) is 14.3 Å². The summed E-state index contributed by atoms with van der Waals surface area (Å²) in [6, 6.07) is 0. The molecule has 0 spiro atoms. The van der Waals surface area contributed by atoms with E-state index in [1.165, 1.54) is 45.6 Å². The fourth-order valence-electron chi connectivity index (χ4n) is 3.55. The molecule has 0 rings (SSSR count). The van der Waals surface area contributed by atoms with Crippen LogP contribution in [0.25, 0.3) is 0 Å². The molecule has 0 unspecified atom stereocenters. The van der Waals surface area contributed by atoms with Gasteiger partial charge >= 0.3 is 5.97 Å². The second-order valence-electron chi connectivity index (χ2n) is 10.0. The van der Waals surface area contributed by atoms with E-state index in [4.69, 9.17) is 9.47 Å². The van der Waals surface area contributed by atoms with Crippen LogP contribution in [0, 0.1) is 0 Å². The number of methoxy groups -OCH3 is 1. The number of carbonyl (C=O) groups excluding carboxylic acids is 2. The van der Waals surface area contributed by atoms with Crippen LogP contribution in [-0.2, 0) is 29.1 Å². The van der Waals surface area contributed by atoms with Gasteiger partial charge < -0.3 is 9.47 Å². The maximum absolute atomic E-state index is 11.9. The number of ether oxygens (including phenoxy) is 2. The normalized spacial score (nSPS) is 11.8. The van der Waals surface area contributed by atoms with Gasteiger partial charge in [-0.05, 0) is 40.0 Å². The molecule has 200 valence electrons. The van der Waals surface area contributed by atoms with Crippen LogP contribution in [0.15, 0.2) is 12.3 Å². The van der Waals surface area contributed by atoms with E-state index < -0.39 is 21.5 Å². The third kappa shape index (κ3) is 22.2. The van der Waals surface area contributed by atoms with E-state index in [-0.39, 0.29) is 18.1 Å². The zero-order valence-corrected chi connectivity index (χ0v) is 22.9. The van der Waals surface area contributed by atoms with Gasteiger partial charge in [0.25, 0.3) is 0 Å². The maximum atomic E-state index is 11.9. The Bertz CT molecular complexity index is 682. The van der Waals surface area contributed by atoms with Crippen LogP contribution in [-0.4, -0.2) is 38.8 Å². The Kier molecular flexibility index (Phi) is 17.9. The molecule has 0 atom stereocenters. The minimum atomic E-state index is -3.58. The third-order valence-electron chi connectivity index (χ3n) is 5.38. The van der Waals surface area contributed by atoms with Crippen molar-refractivity contribution in [3.63, 3.8) is 0 Å². The second kappa shape index (κ2) is 18.7. The predicted octanol–water partition coefficient (Wildman–Crippen LogP) is 6.18. The Morgan fingerprint density at radius 1 is 0.735 bits per heavy atom. The van der Waals surface area contributed by atoms with Crippen molar-refractivity contribution in [1.29, 1.82) is 0 Å². The van der Waals surface area contributed by atoms with E-state index in [0.717, 1.165) is 32.1 Å². The molecular formula is C26H49NO6S. The highest BCUT2D eigenvalue weighted by Gasteiger charge is 2.16. The van der Waals surface area contributed by atoms with Gasteiger partial charge in [-0.2, -0.15) is 0 Å². The third-order valence-corrected chi connectivity index (χ3v) is 6.75. The Morgan fingerprint density at radius 3 is 1.62 bits per heavy atom. The molecule has 0 aromatic carbocycles. The highest BCUT2D eigenvalue weighted by Crippen LogP contribution is 2.14. The Hall–Kier alpha value is -1.57. The molecule has 34 heavy (non-hydrogen) atoms. The number of amides is 1. The monoisotopic (exact) mass is 503 g/mol. The van der Waals surface area contributed by atoms with E-state index in [2.05, 4.69) is 11.3 Å². The number of carbonyl (C=O) groups is 2. The van der Waals surface area contributed by atoms with Gasteiger partial charge in [0, 0.05) is 19.3 Å². The lowest BCUT2D eigenvalue weighted by molar-refractivity contribution is -0.154. The first-order chi connectivity index (χ1) is 15.9. The first-order valence-electron chi connectivity index (χ1n) is 12.9. The average molecular weight is 504 g/mol. The molecule has 1 amide bonds. The number of hydrogen-bond acceptors (Lipinski definition) is 6. The van der Waals surface area contributed by atoms with Crippen molar-refractivity contribution >= 4 is 21.9 Å². The first kappa shape index (κ1) is 32.4. The van der Waals surface area contributed by atoms with E-state index in [1.807, 2.05) is 20.8 Å². The molecular weight excluding hydrogens is 454 g/mol. The van der Waals surface area contributed by atoms with Gasteiger partial charge in [0.05, 0.1) is 18.6 Å². The predicted molar refractivity (Wildman–Crippen MR) is 138 cm³/mol. The molecule has 0 aliphatic heterocycles. The molecule has 0 saturated heterocycles. The molecule has 0 aliphatic rings. The van der Waals surface area contributed by atoms with E-state index in [0.29, 0.717) is 31.4 Å². The summed E-state index contributed by atoms with van der Waals surface area (Å²) in [5.41, 5.74) is -0.393. The summed E-state index contributed by atoms with van der Waals surface area (Å²) >= 11 is 0. The van der Waals surface area contributed by atoms with Gasteiger partial charge in [0.1, 0.15) is 5.60 Å². The maximum Gasteiger partial charge on any atom is 0.306 e. The minimum absolute atomic E-state index is 0.0983. The molecule has 0 bridgehead atoms. The molecule has 0 aliphatic carbocycles. The van der Waals surface area contributed by atoms with Crippen molar-refractivity contribution in [3.8, 4) is 0 Å². The van der Waals surface area contributed by atoms with Crippen molar-refractivity contribution in [3.05, 3.63) is 12.3 Å². The van der Waals surface area contributed by atoms with Crippen molar-refractivity contribution in [2.75, 3.05) is 12.9 Å².